The topological polar surface area (TPSA) is 97.6 Å². The number of fused-ring (bicyclic) bond motifs is 1. The molecule has 218 valence electrons. The number of nitrogens with zero attached hydrogens (tertiary/aromatic N) is 6. The van der Waals surface area contributed by atoms with Crippen molar-refractivity contribution in [1.82, 2.24) is 24.4 Å². The molecule has 1 aliphatic heterocycles. The number of aromatic nitrogens is 4. The Bertz CT molecular complexity index is 1310. The summed E-state index contributed by atoms with van der Waals surface area (Å²) in [5.74, 6) is 1.63. The second kappa shape index (κ2) is 12.4. The molecule has 0 aliphatic carbocycles. The standard InChI is InChI=1S/C28H42BrN7O3Si/c1-20(22-9-8-10-23(33-22)34-11-13-35(14-12-34)27(37)39-28(2,3)4)32-25-24-21(29)17-36(26(24)31-18-30-25)19-38-15-16-40(5,6)7/h8-10,17-18,20H,11-16,19H2,1-7H3,(H,30,31,32). The Hall–Kier alpha value is -2.70. The van der Waals surface area contributed by atoms with E-state index in [-0.39, 0.29) is 12.1 Å². The highest BCUT2D eigenvalue weighted by molar-refractivity contribution is 9.10. The predicted molar refractivity (Wildman–Crippen MR) is 166 cm³/mol. The molecule has 4 heterocycles. The Kier molecular flexibility index (Phi) is 9.41. The Morgan fingerprint density at radius 2 is 1.88 bits per heavy atom. The monoisotopic (exact) mass is 631 g/mol. The first-order valence-corrected chi connectivity index (χ1v) is 18.3. The summed E-state index contributed by atoms with van der Waals surface area (Å²) in [5.41, 5.74) is 1.22. The lowest BCUT2D eigenvalue weighted by Crippen LogP contribution is -2.50. The maximum absolute atomic E-state index is 12.4. The molecule has 1 amide bonds. The van der Waals surface area contributed by atoms with E-state index < -0.39 is 13.7 Å². The number of carbonyl (C=O) groups excluding carboxylic acids is 1. The van der Waals surface area contributed by atoms with Crippen molar-refractivity contribution in [3.8, 4) is 0 Å². The van der Waals surface area contributed by atoms with E-state index in [2.05, 4.69) is 62.7 Å². The van der Waals surface area contributed by atoms with Crippen LogP contribution in [0.5, 0.6) is 0 Å². The minimum absolute atomic E-state index is 0.0932. The van der Waals surface area contributed by atoms with E-state index in [0.29, 0.717) is 32.9 Å². The van der Waals surface area contributed by atoms with Crippen molar-refractivity contribution in [3.63, 3.8) is 0 Å². The van der Waals surface area contributed by atoms with Crippen LogP contribution in [0.15, 0.2) is 35.2 Å². The Morgan fingerprint density at radius 1 is 1.15 bits per heavy atom. The van der Waals surface area contributed by atoms with Gasteiger partial charge in [0, 0.05) is 51.5 Å². The molecule has 3 aromatic heterocycles. The number of hydrogen-bond acceptors (Lipinski definition) is 8. The number of halogens is 1. The second-order valence-electron chi connectivity index (χ2n) is 12.5. The fourth-order valence-electron chi connectivity index (χ4n) is 4.41. The lowest BCUT2D eigenvalue weighted by molar-refractivity contribution is 0.0240. The third kappa shape index (κ3) is 7.94. The summed E-state index contributed by atoms with van der Waals surface area (Å²) in [6.45, 7) is 18.6. The molecule has 1 unspecified atom stereocenters. The molecule has 10 nitrogen and oxygen atoms in total. The quantitative estimate of drug-likeness (QED) is 0.222. The third-order valence-corrected chi connectivity index (χ3v) is 8.95. The van der Waals surface area contributed by atoms with E-state index in [9.17, 15) is 4.79 Å². The van der Waals surface area contributed by atoms with Crippen molar-refractivity contribution in [3.05, 3.63) is 40.9 Å². The van der Waals surface area contributed by atoms with Gasteiger partial charge in [0.2, 0.25) is 0 Å². The van der Waals surface area contributed by atoms with Crippen LogP contribution in [-0.4, -0.2) is 77.0 Å². The molecule has 1 saturated heterocycles. The fraction of sp³-hybridized carbons (Fsp3) is 0.571. The molecule has 0 aromatic carbocycles. The molecule has 40 heavy (non-hydrogen) atoms. The first-order valence-electron chi connectivity index (χ1n) is 13.8. The fourth-order valence-corrected chi connectivity index (χ4v) is 5.78. The molecule has 0 spiro atoms. The van der Waals surface area contributed by atoms with Crippen LogP contribution in [0.3, 0.4) is 0 Å². The van der Waals surface area contributed by atoms with Crippen LogP contribution in [0.1, 0.15) is 39.4 Å². The highest BCUT2D eigenvalue weighted by Gasteiger charge is 2.26. The average Bonchev–Trinajstić information content (AvgIpc) is 3.21. The molecule has 0 radical (unpaired) electrons. The first kappa shape index (κ1) is 30.3. The Balaban J connectivity index is 1.41. The normalized spacial score (nSPS) is 15.4. The molecule has 12 heteroatoms. The SMILES string of the molecule is CC(Nc1ncnc2c1c(Br)cn2COCC[Si](C)(C)C)c1cccc(N2CCN(C(=O)OC(C)(C)C)CC2)n1. The van der Waals surface area contributed by atoms with Gasteiger partial charge >= 0.3 is 6.09 Å². The van der Waals surface area contributed by atoms with Gasteiger partial charge in [0.25, 0.3) is 0 Å². The van der Waals surface area contributed by atoms with Crippen molar-refractivity contribution in [2.75, 3.05) is 43.0 Å². The lowest BCUT2D eigenvalue weighted by Gasteiger charge is -2.36. The summed E-state index contributed by atoms with van der Waals surface area (Å²) in [6, 6.07) is 7.09. The number of amides is 1. The van der Waals surface area contributed by atoms with Crippen molar-refractivity contribution >= 4 is 52.8 Å². The summed E-state index contributed by atoms with van der Waals surface area (Å²) >= 11 is 3.70. The first-order chi connectivity index (χ1) is 18.8. The Morgan fingerprint density at radius 3 is 2.55 bits per heavy atom. The van der Waals surface area contributed by atoms with Crippen LogP contribution in [0.4, 0.5) is 16.4 Å². The molecule has 1 atom stereocenters. The molecule has 1 aliphatic rings. The zero-order chi connectivity index (χ0) is 29.1. The van der Waals surface area contributed by atoms with Gasteiger partial charge in [0.1, 0.15) is 35.9 Å². The van der Waals surface area contributed by atoms with Crippen LogP contribution in [0.2, 0.25) is 25.7 Å². The second-order valence-corrected chi connectivity index (χ2v) is 18.9. The number of anilines is 2. The van der Waals surface area contributed by atoms with E-state index in [1.165, 1.54) is 0 Å². The van der Waals surface area contributed by atoms with E-state index in [4.69, 9.17) is 14.5 Å². The van der Waals surface area contributed by atoms with Gasteiger partial charge in [-0.05, 0) is 61.8 Å². The largest absolute Gasteiger partial charge is 0.444 e. The van der Waals surface area contributed by atoms with Gasteiger partial charge in [-0.1, -0.05) is 25.7 Å². The molecular weight excluding hydrogens is 590 g/mol. The summed E-state index contributed by atoms with van der Waals surface area (Å²) in [5, 5.41) is 4.45. The molecule has 0 bridgehead atoms. The van der Waals surface area contributed by atoms with Gasteiger partial charge in [0.15, 0.2) is 0 Å². The zero-order valence-corrected chi connectivity index (χ0v) is 27.3. The predicted octanol–water partition coefficient (Wildman–Crippen LogP) is 6.13. The van der Waals surface area contributed by atoms with Crippen molar-refractivity contribution in [2.45, 2.75) is 71.8 Å². The zero-order valence-electron chi connectivity index (χ0n) is 24.7. The summed E-state index contributed by atoms with van der Waals surface area (Å²) in [4.78, 5) is 30.4. The molecule has 0 saturated carbocycles. The number of rotatable bonds is 9. The van der Waals surface area contributed by atoms with Gasteiger partial charge in [-0.25, -0.2) is 19.7 Å². The van der Waals surface area contributed by atoms with Gasteiger partial charge in [-0.15, -0.1) is 0 Å². The molecule has 4 rings (SSSR count). The van der Waals surface area contributed by atoms with E-state index in [1.54, 1.807) is 11.2 Å². The van der Waals surface area contributed by atoms with E-state index in [0.717, 1.165) is 45.5 Å². The number of pyridine rings is 1. The van der Waals surface area contributed by atoms with E-state index >= 15 is 0 Å². The third-order valence-electron chi connectivity index (χ3n) is 6.64. The van der Waals surface area contributed by atoms with Crippen LogP contribution in [0, 0.1) is 0 Å². The number of nitrogens with one attached hydrogen (secondary N) is 1. The number of piperazine rings is 1. The maximum atomic E-state index is 12.4. The van der Waals surface area contributed by atoms with E-state index in [1.807, 2.05) is 49.7 Å². The summed E-state index contributed by atoms with van der Waals surface area (Å²) < 4.78 is 14.4. The van der Waals surface area contributed by atoms with Crippen molar-refractivity contribution < 1.29 is 14.3 Å². The van der Waals surface area contributed by atoms with Gasteiger partial charge in [-0.3, -0.25) is 0 Å². The van der Waals surface area contributed by atoms with Crippen molar-refractivity contribution in [2.24, 2.45) is 0 Å². The lowest BCUT2D eigenvalue weighted by atomic mass is 10.2. The maximum Gasteiger partial charge on any atom is 0.410 e. The Labute approximate surface area is 246 Å². The molecule has 1 fully saturated rings. The van der Waals surface area contributed by atoms with Gasteiger partial charge < -0.3 is 29.2 Å². The van der Waals surface area contributed by atoms with Gasteiger partial charge in [-0.2, -0.15) is 0 Å². The smallest absolute Gasteiger partial charge is 0.410 e. The summed E-state index contributed by atoms with van der Waals surface area (Å²) in [6.07, 6.45) is 3.32. The summed E-state index contributed by atoms with van der Waals surface area (Å²) in [7, 11) is -1.14. The molecule has 3 aromatic rings. The minimum Gasteiger partial charge on any atom is -0.444 e. The van der Waals surface area contributed by atoms with Crippen LogP contribution in [-0.2, 0) is 16.2 Å². The number of hydrogen-bond donors (Lipinski definition) is 1. The van der Waals surface area contributed by atoms with Gasteiger partial charge in [0.05, 0.1) is 17.1 Å². The molecular formula is C28H42BrN7O3Si. The van der Waals surface area contributed by atoms with Crippen LogP contribution >= 0.6 is 15.9 Å². The number of ether oxygens (including phenoxy) is 2. The minimum atomic E-state index is -1.14. The molecule has 1 N–H and O–H groups in total. The highest BCUT2D eigenvalue weighted by Crippen LogP contribution is 2.32. The highest BCUT2D eigenvalue weighted by atomic mass is 79.9. The number of carbonyl (C=O) groups is 1. The van der Waals surface area contributed by atoms with Crippen LogP contribution < -0.4 is 10.2 Å². The van der Waals surface area contributed by atoms with Crippen molar-refractivity contribution in [1.29, 1.82) is 0 Å². The average molecular weight is 633 g/mol. The van der Waals surface area contributed by atoms with Crippen LogP contribution in [0.25, 0.3) is 11.0 Å².